The Kier molecular flexibility index (Phi) is 4.17. The van der Waals surface area contributed by atoms with Gasteiger partial charge in [-0.3, -0.25) is 9.59 Å². The number of hydrogen-bond acceptors (Lipinski definition) is 3. The standard InChI is InChI=1S/C13H22O4/c1-8-5-6-9(7-10(8)11(14)15)12(16)17-13(2,3)4/h8-10H,5-7H2,1-4H3,(H,14,15)/t8-,9?,10+/m1/s1. The predicted molar refractivity (Wildman–Crippen MR) is 63.5 cm³/mol. The lowest BCUT2D eigenvalue weighted by atomic mass is 9.75. The van der Waals surface area contributed by atoms with Gasteiger partial charge in [-0.15, -0.1) is 0 Å². The Morgan fingerprint density at radius 3 is 2.29 bits per heavy atom. The number of rotatable bonds is 2. The molecule has 0 aliphatic heterocycles. The molecule has 0 aromatic heterocycles. The van der Waals surface area contributed by atoms with E-state index in [2.05, 4.69) is 0 Å². The Morgan fingerprint density at radius 1 is 1.24 bits per heavy atom. The van der Waals surface area contributed by atoms with Crippen LogP contribution >= 0.6 is 0 Å². The first-order chi connectivity index (χ1) is 7.70. The van der Waals surface area contributed by atoms with Crippen molar-refractivity contribution in [1.29, 1.82) is 0 Å². The van der Waals surface area contributed by atoms with E-state index in [9.17, 15) is 9.59 Å². The van der Waals surface area contributed by atoms with Crippen molar-refractivity contribution in [3.8, 4) is 0 Å². The number of esters is 1. The number of aliphatic carboxylic acids is 1. The first-order valence-corrected chi connectivity index (χ1v) is 6.16. The van der Waals surface area contributed by atoms with Crippen molar-refractivity contribution < 1.29 is 19.4 Å². The van der Waals surface area contributed by atoms with Crippen molar-refractivity contribution in [2.24, 2.45) is 17.8 Å². The van der Waals surface area contributed by atoms with Crippen LogP contribution in [0.5, 0.6) is 0 Å². The summed E-state index contributed by atoms with van der Waals surface area (Å²) in [4.78, 5) is 22.9. The molecule has 1 aliphatic carbocycles. The van der Waals surface area contributed by atoms with E-state index >= 15 is 0 Å². The summed E-state index contributed by atoms with van der Waals surface area (Å²) in [6, 6.07) is 0. The Morgan fingerprint density at radius 2 is 1.82 bits per heavy atom. The van der Waals surface area contributed by atoms with E-state index in [1.165, 1.54) is 0 Å². The van der Waals surface area contributed by atoms with Gasteiger partial charge in [0.15, 0.2) is 0 Å². The molecule has 0 aromatic rings. The van der Waals surface area contributed by atoms with Gasteiger partial charge < -0.3 is 9.84 Å². The Bertz CT molecular complexity index is 303. The second-order valence-electron chi connectivity index (χ2n) is 5.97. The van der Waals surface area contributed by atoms with Gasteiger partial charge in [0.05, 0.1) is 11.8 Å². The van der Waals surface area contributed by atoms with Crippen molar-refractivity contribution in [3.63, 3.8) is 0 Å². The van der Waals surface area contributed by atoms with Crippen molar-refractivity contribution in [2.45, 2.75) is 52.6 Å². The molecule has 0 heterocycles. The monoisotopic (exact) mass is 242 g/mol. The Labute approximate surface area is 102 Å². The highest BCUT2D eigenvalue weighted by Crippen LogP contribution is 2.35. The fourth-order valence-corrected chi connectivity index (χ4v) is 2.27. The lowest BCUT2D eigenvalue weighted by Gasteiger charge is -2.32. The van der Waals surface area contributed by atoms with E-state index in [4.69, 9.17) is 9.84 Å². The summed E-state index contributed by atoms with van der Waals surface area (Å²) in [5, 5.41) is 9.09. The zero-order chi connectivity index (χ0) is 13.2. The molecule has 1 saturated carbocycles. The van der Waals surface area contributed by atoms with Crippen LogP contribution in [-0.4, -0.2) is 22.6 Å². The van der Waals surface area contributed by atoms with Gasteiger partial charge in [-0.2, -0.15) is 0 Å². The summed E-state index contributed by atoms with van der Waals surface area (Å²) in [6.45, 7) is 7.41. The highest BCUT2D eigenvalue weighted by Gasteiger charge is 2.37. The summed E-state index contributed by atoms with van der Waals surface area (Å²) in [7, 11) is 0. The molecule has 0 amide bonds. The van der Waals surface area contributed by atoms with Crippen LogP contribution in [0.2, 0.25) is 0 Å². The number of carboxylic acid groups (broad SMARTS) is 1. The minimum absolute atomic E-state index is 0.145. The van der Waals surface area contributed by atoms with Crippen LogP contribution in [0, 0.1) is 17.8 Å². The highest BCUT2D eigenvalue weighted by atomic mass is 16.6. The van der Waals surface area contributed by atoms with Gasteiger partial charge in [0.25, 0.3) is 0 Å². The first kappa shape index (κ1) is 14.0. The summed E-state index contributed by atoms with van der Waals surface area (Å²) in [6.07, 6.45) is 1.92. The maximum Gasteiger partial charge on any atom is 0.309 e. The number of carboxylic acids is 1. The van der Waals surface area contributed by atoms with Crippen LogP contribution in [0.1, 0.15) is 47.0 Å². The number of carbonyl (C=O) groups excluding carboxylic acids is 1. The van der Waals surface area contributed by atoms with E-state index in [0.717, 1.165) is 12.8 Å². The largest absolute Gasteiger partial charge is 0.481 e. The van der Waals surface area contributed by atoms with E-state index in [1.807, 2.05) is 27.7 Å². The molecule has 1 unspecified atom stereocenters. The molecule has 1 fully saturated rings. The summed E-state index contributed by atoms with van der Waals surface area (Å²) in [5.41, 5.74) is -0.501. The molecule has 1 N–H and O–H groups in total. The summed E-state index contributed by atoms with van der Waals surface area (Å²) >= 11 is 0. The topological polar surface area (TPSA) is 63.6 Å². The molecule has 1 aliphatic rings. The quantitative estimate of drug-likeness (QED) is 0.755. The minimum Gasteiger partial charge on any atom is -0.481 e. The molecule has 0 bridgehead atoms. The number of ether oxygens (including phenoxy) is 1. The fraction of sp³-hybridized carbons (Fsp3) is 0.846. The van der Waals surface area contributed by atoms with Crippen LogP contribution in [0.4, 0.5) is 0 Å². The molecule has 17 heavy (non-hydrogen) atoms. The predicted octanol–water partition coefficient (Wildman–Crippen LogP) is 2.47. The van der Waals surface area contributed by atoms with Crippen molar-refractivity contribution >= 4 is 11.9 Å². The highest BCUT2D eigenvalue weighted by molar-refractivity contribution is 5.76. The van der Waals surface area contributed by atoms with Crippen LogP contribution in [0.25, 0.3) is 0 Å². The minimum atomic E-state index is -0.800. The number of carbonyl (C=O) groups is 2. The van der Waals surface area contributed by atoms with Gasteiger partial charge in [0.1, 0.15) is 5.60 Å². The Hall–Kier alpha value is -1.06. The molecule has 4 heteroatoms. The maximum atomic E-state index is 11.9. The second-order valence-corrected chi connectivity index (χ2v) is 5.97. The smallest absolute Gasteiger partial charge is 0.309 e. The lowest BCUT2D eigenvalue weighted by molar-refractivity contribution is -0.163. The zero-order valence-corrected chi connectivity index (χ0v) is 11.0. The van der Waals surface area contributed by atoms with E-state index in [-0.39, 0.29) is 17.8 Å². The maximum absolute atomic E-state index is 11.9. The third kappa shape index (κ3) is 4.02. The zero-order valence-electron chi connectivity index (χ0n) is 11.0. The Balaban J connectivity index is 2.62. The van der Waals surface area contributed by atoms with Crippen molar-refractivity contribution in [2.75, 3.05) is 0 Å². The van der Waals surface area contributed by atoms with Crippen LogP contribution in [0.15, 0.2) is 0 Å². The van der Waals surface area contributed by atoms with Gasteiger partial charge in [-0.1, -0.05) is 6.92 Å². The van der Waals surface area contributed by atoms with Crippen LogP contribution < -0.4 is 0 Å². The third-order valence-corrected chi connectivity index (χ3v) is 3.25. The van der Waals surface area contributed by atoms with Gasteiger partial charge in [0.2, 0.25) is 0 Å². The molecule has 4 nitrogen and oxygen atoms in total. The molecule has 0 saturated heterocycles. The average molecular weight is 242 g/mol. The molecule has 98 valence electrons. The van der Waals surface area contributed by atoms with E-state index in [1.54, 1.807) is 0 Å². The summed E-state index contributed by atoms with van der Waals surface area (Å²) in [5.74, 6) is -1.58. The normalized spacial score (nSPS) is 29.8. The van der Waals surface area contributed by atoms with Crippen molar-refractivity contribution in [3.05, 3.63) is 0 Å². The van der Waals surface area contributed by atoms with Crippen LogP contribution in [-0.2, 0) is 14.3 Å². The molecule has 0 aromatic carbocycles. The molecule has 0 radical (unpaired) electrons. The third-order valence-electron chi connectivity index (χ3n) is 3.25. The SMILES string of the molecule is C[C@@H]1CCC(C(=O)OC(C)(C)C)C[C@@H]1C(=O)O. The first-order valence-electron chi connectivity index (χ1n) is 6.16. The van der Waals surface area contributed by atoms with Crippen molar-refractivity contribution in [1.82, 2.24) is 0 Å². The molecular formula is C13H22O4. The second kappa shape index (κ2) is 5.07. The van der Waals surface area contributed by atoms with E-state index in [0.29, 0.717) is 6.42 Å². The average Bonchev–Trinajstić information content (AvgIpc) is 2.14. The van der Waals surface area contributed by atoms with Gasteiger partial charge in [-0.05, 0) is 46.0 Å². The van der Waals surface area contributed by atoms with Gasteiger partial charge in [-0.25, -0.2) is 0 Å². The van der Waals surface area contributed by atoms with Crippen LogP contribution in [0.3, 0.4) is 0 Å². The summed E-state index contributed by atoms with van der Waals surface area (Å²) < 4.78 is 5.31. The van der Waals surface area contributed by atoms with Gasteiger partial charge in [0, 0.05) is 0 Å². The molecular weight excluding hydrogens is 220 g/mol. The lowest BCUT2D eigenvalue weighted by Crippen LogP contribution is -2.36. The molecule has 1 rings (SSSR count). The fourth-order valence-electron chi connectivity index (χ4n) is 2.27. The number of hydrogen-bond donors (Lipinski definition) is 1. The molecule has 0 spiro atoms. The van der Waals surface area contributed by atoms with Gasteiger partial charge >= 0.3 is 11.9 Å². The molecule has 3 atom stereocenters. The van der Waals surface area contributed by atoms with E-state index < -0.39 is 17.5 Å².